The number of ether oxygens (including phenoxy) is 1. The van der Waals surface area contributed by atoms with Gasteiger partial charge in [0, 0.05) is 0 Å². The minimum Gasteiger partial charge on any atom is -0.468 e. The average Bonchev–Trinajstić information content (AvgIpc) is 3.02. The van der Waals surface area contributed by atoms with Crippen molar-refractivity contribution in [3.05, 3.63) is 61.2 Å². The molecule has 0 aromatic heterocycles. The summed E-state index contributed by atoms with van der Waals surface area (Å²) in [5.74, 6) is -0.631. The maximum Gasteiger partial charge on any atom is 0.266 e. The van der Waals surface area contributed by atoms with Crippen LogP contribution in [-0.2, 0) is 20.4 Å². The summed E-state index contributed by atoms with van der Waals surface area (Å²) in [6.07, 6.45) is 4.42. The van der Waals surface area contributed by atoms with Gasteiger partial charge < -0.3 is 9.16 Å². The summed E-state index contributed by atoms with van der Waals surface area (Å²) in [6, 6.07) is 9.94. The van der Waals surface area contributed by atoms with Gasteiger partial charge in [0.15, 0.2) is 8.32 Å². The molecule has 164 valence electrons. The molecule has 1 aromatic rings. The van der Waals surface area contributed by atoms with E-state index in [1.54, 1.807) is 11.0 Å². The standard InChI is InChI=1S/C24H35NO3SSi/c1-8-13-21(28-30(6,7)24(3,4)5)20(9-2)22(26)25-19(17-27-23(25)29)16-18-14-11-10-12-15-18/h8-12,14-15,19-21H,1-2,13,16-17H2,3-7H3/t19-,20-,21+/m1/s1. The first kappa shape index (κ1) is 24.5. The van der Waals surface area contributed by atoms with Crippen molar-refractivity contribution in [1.29, 1.82) is 0 Å². The lowest BCUT2D eigenvalue weighted by molar-refractivity contribution is -0.133. The van der Waals surface area contributed by atoms with E-state index in [1.807, 2.05) is 24.3 Å². The van der Waals surface area contributed by atoms with Crippen LogP contribution in [0.3, 0.4) is 0 Å². The van der Waals surface area contributed by atoms with Crippen LogP contribution in [0, 0.1) is 5.92 Å². The van der Waals surface area contributed by atoms with Crippen molar-refractivity contribution in [3.8, 4) is 0 Å². The summed E-state index contributed by atoms with van der Waals surface area (Å²) >= 11 is 5.39. The Labute approximate surface area is 188 Å². The fourth-order valence-electron chi connectivity index (χ4n) is 3.33. The van der Waals surface area contributed by atoms with Gasteiger partial charge in [-0.05, 0) is 48.8 Å². The Morgan fingerprint density at radius 1 is 1.33 bits per heavy atom. The zero-order valence-corrected chi connectivity index (χ0v) is 20.7. The number of nitrogens with zero attached hydrogens (tertiary/aromatic N) is 1. The van der Waals surface area contributed by atoms with Crippen molar-refractivity contribution in [3.63, 3.8) is 0 Å². The molecule has 0 unspecified atom stereocenters. The molecule has 2 rings (SSSR count). The van der Waals surface area contributed by atoms with Crippen molar-refractivity contribution >= 4 is 31.6 Å². The van der Waals surface area contributed by atoms with Gasteiger partial charge in [-0.15, -0.1) is 13.2 Å². The lowest BCUT2D eigenvalue weighted by atomic mass is 9.97. The van der Waals surface area contributed by atoms with Crippen molar-refractivity contribution in [2.45, 2.75) is 63.9 Å². The summed E-state index contributed by atoms with van der Waals surface area (Å²) in [4.78, 5) is 15.3. The second kappa shape index (κ2) is 10.0. The lowest BCUT2D eigenvalue weighted by Crippen LogP contribution is -2.50. The third kappa shape index (κ3) is 5.68. The van der Waals surface area contributed by atoms with Crippen LogP contribution in [-0.4, -0.2) is 43.1 Å². The maximum atomic E-state index is 13.6. The Bertz CT molecular complexity index is 772. The molecular weight excluding hydrogens is 410 g/mol. The molecule has 1 fully saturated rings. The Morgan fingerprint density at radius 2 is 1.97 bits per heavy atom. The van der Waals surface area contributed by atoms with Gasteiger partial charge in [0.2, 0.25) is 5.91 Å². The van der Waals surface area contributed by atoms with Gasteiger partial charge >= 0.3 is 0 Å². The summed E-state index contributed by atoms with van der Waals surface area (Å²) < 4.78 is 12.2. The molecule has 1 aliphatic heterocycles. The first-order valence-electron chi connectivity index (χ1n) is 10.5. The highest BCUT2D eigenvalue weighted by Crippen LogP contribution is 2.39. The van der Waals surface area contributed by atoms with E-state index in [1.165, 1.54) is 0 Å². The number of hydrogen-bond acceptors (Lipinski definition) is 4. The van der Waals surface area contributed by atoms with Gasteiger partial charge in [-0.3, -0.25) is 9.69 Å². The fourth-order valence-corrected chi connectivity index (χ4v) is 4.99. The molecule has 1 heterocycles. The number of benzene rings is 1. The van der Waals surface area contributed by atoms with E-state index in [-0.39, 0.29) is 28.3 Å². The molecule has 1 saturated heterocycles. The largest absolute Gasteiger partial charge is 0.468 e. The third-order valence-corrected chi connectivity index (χ3v) is 10.9. The monoisotopic (exact) mass is 445 g/mol. The van der Waals surface area contributed by atoms with Gasteiger partial charge in [-0.25, -0.2) is 0 Å². The molecule has 30 heavy (non-hydrogen) atoms. The molecule has 0 radical (unpaired) electrons. The van der Waals surface area contributed by atoms with E-state index >= 15 is 0 Å². The van der Waals surface area contributed by atoms with Crippen LogP contribution in [0.2, 0.25) is 18.1 Å². The predicted molar refractivity (Wildman–Crippen MR) is 130 cm³/mol. The predicted octanol–water partition coefficient (Wildman–Crippen LogP) is 5.51. The molecule has 4 nitrogen and oxygen atoms in total. The average molecular weight is 446 g/mol. The van der Waals surface area contributed by atoms with E-state index in [9.17, 15) is 4.79 Å². The van der Waals surface area contributed by atoms with Crippen molar-refractivity contribution in [2.24, 2.45) is 5.92 Å². The van der Waals surface area contributed by atoms with Gasteiger partial charge in [0.1, 0.15) is 6.61 Å². The maximum absolute atomic E-state index is 13.6. The molecule has 0 spiro atoms. The topological polar surface area (TPSA) is 38.8 Å². The molecule has 1 aromatic carbocycles. The Hall–Kier alpha value is -1.76. The highest BCUT2D eigenvalue weighted by Gasteiger charge is 2.44. The summed E-state index contributed by atoms with van der Waals surface area (Å²) in [6.45, 7) is 19.2. The van der Waals surface area contributed by atoms with Crippen LogP contribution in [0.1, 0.15) is 32.8 Å². The summed E-state index contributed by atoms with van der Waals surface area (Å²) in [5, 5.41) is 0.265. The number of hydrogen-bond donors (Lipinski definition) is 0. The Kier molecular flexibility index (Phi) is 8.19. The van der Waals surface area contributed by atoms with E-state index in [2.05, 4.69) is 59.2 Å². The molecule has 0 saturated carbocycles. The minimum absolute atomic E-state index is 0.0308. The second-order valence-corrected chi connectivity index (χ2v) is 14.4. The van der Waals surface area contributed by atoms with Gasteiger partial charge in [0.25, 0.3) is 5.17 Å². The lowest BCUT2D eigenvalue weighted by Gasteiger charge is -2.41. The van der Waals surface area contributed by atoms with Gasteiger partial charge in [0.05, 0.1) is 18.1 Å². The Balaban J connectivity index is 2.27. The van der Waals surface area contributed by atoms with Crippen LogP contribution in [0.5, 0.6) is 0 Å². The number of amides is 1. The molecule has 6 heteroatoms. The van der Waals surface area contributed by atoms with Crippen molar-refractivity contribution in [2.75, 3.05) is 6.61 Å². The van der Waals surface area contributed by atoms with E-state index in [4.69, 9.17) is 21.4 Å². The number of carbonyl (C=O) groups excluding carboxylic acids is 1. The van der Waals surface area contributed by atoms with Crippen LogP contribution >= 0.6 is 12.2 Å². The van der Waals surface area contributed by atoms with E-state index in [0.29, 0.717) is 19.4 Å². The molecule has 0 aliphatic carbocycles. The van der Waals surface area contributed by atoms with Crippen LogP contribution in [0.25, 0.3) is 0 Å². The normalized spacial score (nSPS) is 19.2. The molecule has 0 bridgehead atoms. The highest BCUT2D eigenvalue weighted by atomic mass is 32.1. The van der Waals surface area contributed by atoms with E-state index in [0.717, 1.165) is 5.56 Å². The molecule has 0 N–H and O–H groups in total. The zero-order chi connectivity index (χ0) is 22.5. The SMILES string of the molecule is C=CC[C@H](O[Si](C)(C)C(C)(C)C)[C@@H](C=C)C(=O)N1C(=S)OC[C@H]1Cc1ccccc1. The van der Waals surface area contributed by atoms with Crippen molar-refractivity contribution < 1.29 is 14.0 Å². The van der Waals surface area contributed by atoms with Gasteiger partial charge in [-0.2, -0.15) is 0 Å². The Morgan fingerprint density at radius 3 is 2.50 bits per heavy atom. The fraction of sp³-hybridized carbons (Fsp3) is 0.500. The van der Waals surface area contributed by atoms with Crippen LogP contribution in [0.4, 0.5) is 0 Å². The number of rotatable bonds is 9. The van der Waals surface area contributed by atoms with Gasteiger partial charge in [-0.1, -0.05) is 63.3 Å². The zero-order valence-electron chi connectivity index (χ0n) is 18.9. The molecule has 1 amide bonds. The van der Waals surface area contributed by atoms with Crippen LogP contribution in [0.15, 0.2) is 55.6 Å². The summed E-state index contributed by atoms with van der Waals surface area (Å²) in [5.41, 5.74) is 1.14. The van der Waals surface area contributed by atoms with E-state index < -0.39 is 14.2 Å². The summed E-state index contributed by atoms with van der Waals surface area (Å²) in [7, 11) is -2.09. The first-order valence-corrected chi connectivity index (χ1v) is 13.8. The molecule has 3 atom stereocenters. The number of thiocarbonyl (C=S) groups is 1. The highest BCUT2D eigenvalue weighted by molar-refractivity contribution is 7.80. The molecular formula is C24H35NO3SSi. The second-order valence-electron chi connectivity index (χ2n) is 9.33. The first-order chi connectivity index (χ1) is 14.0. The van der Waals surface area contributed by atoms with Crippen molar-refractivity contribution in [1.82, 2.24) is 4.90 Å². The third-order valence-electron chi connectivity index (χ3n) is 6.10. The minimum atomic E-state index is -2.09. The number of carbonyl (C=O) groups is 1. The molecule has 1 aliphatic rings. The smallest absolute Gasteiger partial charge is 0.266 e. The van der Waals surface area contributed by atoms with Crippen LogP contribution < -0.4 is 0 Å². The quantitative estimate of drug-likeness (QED) is 0.285.